The molecule has 0 fully saturated rings. The van der Waals surface area contributed by atoms with Crippen LogP contribution in [0.4, 0.5) is 5.69 Å². The molecule has 0 spiro atoms. The average Bonchev–Trinajstić information content (AvgIpc) is 3.20. The second kappa shape index (κ2) is 10.5. The number of amides is 1. The maximum absolute atomic E-state index is 12.8. The molecule has 1 amide bonds. The van der Waals surface area contributed by atoms with E-state index in [0.29, 0.717) is 12.1 Å². The van der Waals surface area contributed by atoms with Gasteiger partial charge in [-0.1, -0.05) is 42.5 Å². The number of nitrogens with zero attached hydrogens (tertiary/aromatic N) is 1. The molecule has 178 valence electrons. The predicted molar refractivity (Wildman–Crippen MR) is 135 cm³/mol. The van der Waals surface area contributed by atoms with E-state index in [1.165, 1.54) is 60.1 Å². The van der Waals surface area contributed by atoms with E-state index in [-0.39, 0.29) is 23.5 Å². The Kier molecular flexibility index (Phi) is 7.22. The SMILES string of the molecule is COC(=O)c1cc(NC(=O)Cc2sc(Cc3cccc4ccccc34)nc2C)cc(C(=O)OC)c1. The van der Waals surface area contributed by atoms with Gasteiger partial charge in [0.05, 0.1) is 42.5 Å². The van der Waals surface area contributed by atoms with Crippen LogP contribution in [-0.2, 0) is 27.1 Å². The summed E-state index contributed by atoms with van der Waals surface area (Å²) in [6.07, 6.45) is 0.799. The Hall–Kier alpha value is -4.04. The number of ether oxygens (including phenoxy) is 2. The summed E-state index contributed by atoms with van der Waals surface area (Å²) in [5.41, 5.74) is 2.56. The fourth-order valence-electron chi connectivity index (χ4n) is 3.86. The van der Waals surface area contributed by atoms with Crippen molar-refractivity contribution in [1.29, 1.82) is 0 Å². The van der Waals surface area contributed by atoms with Gasteiger partial charge in [-0.3, -0.25) is 4.79 Å². The van der Waals surface area contributed by atoms with Crippen molar-refractivity contribution in [2.75, 3.05) is 19.5 Å². The van der Waals surface area contributed by atoms with E-state index in [1.54, 1.807) is 0 Å². The van der Waals surface area contributed by atoms with E-state index in [0.717, 1.165) is 15.6 Å². The van der Waals surface area contributed by atoms with E-state index in [2.05, 4.69) is 34.6 Å². The van der Waals surface area contributed by atoms with Crippen molar-refractivity contribution in [3.05, 3.63) is 92.9 Å². The molecule has 0 bridgehead atoms. The van der Waals surface area contributed by atoms with E-state index >= 15 is 0 Å². The summed E-state index contributed by atoms with van der Waals surface area (Å²) >= 11 is 1.50. The minimum absolute atomic E-state index is 0.120. The number of methoxy groups -OCH3 is 2. The highest BCUT2D eigenvalue weighted by Crippen LogP contribution is 2.26. The van der Waals surface area contributed by atoms with Gasteiger partial charge < -0.3 is 14.8 Å². The van der Waals surface area contributed by atoms with Crippen LogP contribution in [0, 0.1) is 6.92 Å². The van der Waals surface area contributed by atoms with E-state index < -0.39 is 11.9 Å². The number of carbonyl (C=O) groups excluding carboxylic acids is 3. The number of carbonyl (C=O) groups is 3. The predicted octanol–water partition coefficient (Wildman–Crippen LogP) is 4.95. The summed E-state index contributed by atoms with van der Waals surface area (Å²) in [6.45, 7) is 1.89. The molecule has 0 aliphatic rings. The first-order valence-electron chi connectivity index (χ1n) is 10.9. The van der Waals surface area contributed by atoms with Crippen LogP contribution in [0.5, 0.6) is 0 Å². The summed E-state index contributed by atoms with van der Waals surface area (Å²) in [5.74, 6) is -1.53. The monoisotopic (exact) mass is 488 g/mol. The topological polar surface area (TPSA) is 94.6 Å². The van der Waals surface area contributed by atoms with Crippen molar-refractivity contribution >= 4 is 45.6 Å². The summed E-state index contributed by atoms with van der Waals surface area (Å²) in [6, 6.07) is 18.7. The van der Waals surface area contributed by atoms with Crippen LogP contribution in [0.2, 0.25) is 0 Å². The molecular weight excluding hydrogens is 464 g/mol. The van der Waals surface area contributed by atoms with Crippen molar-refractivity contribution in [3.8, 4) is 0 Å². The lowest BCUT2D eigenvalue weighted by Gasteiger charge is -2.09. The first-order valence-corrected chi connectivity index (χ1v) is 11.7. The zero-order chi connectivity index (χ0) is 24.9. The first-order chi connectivity index (χ1) is 16.9. The van der Waals surface area contributed by atoms with Gasteiger partial charge in [0.2, 0.25) is 5.91 Å². The number of aromatic nitrogens is 1. The van der Waals surface area contributed by atoms with Gasteiger partial charge in [0.1, 0.15) is 0 Å². The van der Waals surface area contributed by atoms with Gasteiger partial charge in [-0.2, -0.15) is 0 Å². The largest absolute Gasteiger partial charge is 0.465 e. The van der Waals surface area contributed by atoms with Crippen LogP contribution >= 0.6 is 11.3 Å². The normalized spacial score (nSPS) is 10.7. The number of benzene rings is 3. The third-order valence-corrected chi connectivity index (χ3v) is 6.70. The molecule has 1 heterocycles. The van der Waals surface area contributed by atoms with Crippen LogP contribution in [0.25, 0.3) is 10.8 Å². The van der Waals surface area contributed by atoms with Crippen molar-refractivity contribution in [2.24, 2.45) is 0 Å². The molecule has 0 saturated carbocycles. The zero-order valence-corrected chi connectivity index (χ0v) is 20.4. The lowest BCUT2D eigenvalue weighted by molar-refractivity contribution is -0.115. The molecule has 0 atom stereocenters. The number of nitrogens with one attached hydrogen (secondary N) is 1. The summed E-state index contributed by atoms with van der Waals surface area (Å²) in [5, 5.41) is 6.06. The van der Waals surface area contributed by atoms with Gasteiger partial charge >= 0.3 is 11.9 Å². The summed E-state index contributed by atoms with van der Waals surface area (Å²) in [4.78, 5) is 42.3. The number of fused-ring (bicyclic) bond motifs is 1. The Morgan fingerprint density at radius 1 is 0.914 bits per heavy atom. The Morgan fingerprint density at radius 3 is 2.26 bits per heavy atom. The molecule has 35 heavy (non-hydrogen) atoms. The van der Waals surface area contributed by atoms with Crippen molar-refractivity contribution in [3.63, 3.8) is 0 Å². The number of anilines is 1. The average molecular weight is 489 g/mol. The van der Waals surface area contributed by atoms with Crippen LogP contribution in [-0.4, -0.2) is 37.0 Å². The van der Waals surface area contributed by atoms with E-state index in [9.17, 15) is 14.4 Å². The van der Waals surface area contributed by atoms with Gasteiger partial charge in [-0.15, -0.1) is 11.3 Å². The second-order valence-electron chi connectivity index (χ2n) is 7.94. The third-order valence-electron chi connectivity index (χ3n) is 5.54. The van der Waals surface area contributed by atoms with Gasteiger partial charge in [-0.05, 0) is 41.5 Å². The highest BCUT2D eigenvalue weighted by Gasteiger charge is 2.17. The molecule has 8 heteroatoms. The van der Waals surface area contributed by atoms with Crippen LogP contribution in [0.3, 0.4) is 0 Å². The third kappa shape index (κ3) is 5.55. The summed E-state index contributed by atoms with van der Waals surface area (Å²) in [7, 11) is 2.49. The molecule has 0 unspecified atom stereocenters. The summed E-state index contributed by atoms with van der Waals surface area (Å²) < 4.78 is 9.49. The molecular formula is C27H24N2O5S. The first kappa shape index (κ1) is 24.1. The Bertz CT molecular complexity index is 1390. The molecule has 4 aromatic rings. The minimum Gasteiger partial charge on any atom is -0.465 e. The number of rotatable bonds is 7. The number of aryl methyl sites for hydroxylation is 1. The van der Waals surface area contributed by atoms with Gasteiger partial charge in [0.15, 0.2) is 0 Å². The van der Waals surface area contributed by atoms with E-state index in [4.69, 9.17) is 9.47 Å². The number of esters is 2. The van der Waals surface area contributed by atoms with E-state index in [1.807, 2.05) is 25.1 Å². The van der Waals surface area contributed by atoms with Crippen LogP contribution in [0.1, 0.15) is 41.9 Å². The molecule has 0 radical (unpaired) electrons. The van der Waals surface area contributed by atoms with Crippen LogP contribution < -0.4 is 5.32 Å². The molecule has 0 aliphatic carbocycles. The fraction of sp³-hybridized carbons (Fsp3) is 0.185. The lowest BCUT2D eigenvalue weighted by atomic mass is 10.0. The molecule has 3 aromatic carbocycles. The quantitative estimate of drug-likeness (QED) is 0.370. The Balaban J connectivity index is 1.51. The second-order valence-corrected chi connectivity index (χ2v) is 9.11. The molecule has 4 rings (SSSR count). The molecule has 0 saturated heterocycles. The highest BCUT2D eigenvalue weighted by atomic mass is 32.1. The van der Waals surface area contributed by atoms with Crippen molar-refractivity contribution in [1.82, 2.24) is 4.98 Å². The maximum atomic E-state index is 12.8. The molecule has 1 N–H and O–H groups in total. The zero-order valence-electron chi connectivity index (χ0n) is 19.6. The highest BCUT2D eigenvalue weighted by molar-refractivity contribution is 7.11. The Morgan fingerprint density at radius 2 is 1.57 bits per heavy atom. The Labute approximate surface area is 206 Å². The lowest BCUT2D eigenvalue weighted by Crippen LogP contribution is -2.16. The van der Waals surface area contributed by atoms with Crippen molar-refractivity contribution < 1.29 is 23.9 Å². The number of thiazole rings is 1. The fourth-order valence-corrected chi connectivity index (χ4v) is 4.95. The van der Waals surface area contributed by atoms with Crippen molar-refractivity contribution in [2.45, 2.75) is 19.8 Å². The molecule has 7 nitrogen and oxygen atoms in total. The smallest absolute Gasteiger partial charge is 0.337 e. The van der Waals surface area contributed by atoms with Gasteiger partial charge in [0, 0.05) is 17.0 Å². The van der Waals surface area contributed by atoms with Crippen LogP contribution in [0.15, 0.2) is 60.7 Å². The minimum atomic E-state index is -0.623. The molecule has 1 aromatic heterocycles. The van der Waals surface area contributed by atoms with Gasteiger partial charge in [-0.25, -0.2) is 14.6 Å². The maximum Gasteiger partial charge on any atom is 0.337 e. The standard InChI is InChI=1S/C27H24N2O5S/c1-16-23(35-25(28-16)14-18-9-6-8-17-7-4-5-10-22(17)18)15-24(30)29-21-12-19(26(31)33-2)11-20(13-21)27(32)34-3/h4-13H,14-15H2,1-3H3,(H,29,30). The van der Waals surface area contributed by atoms with Gasteiger partial charge in [0.25, 0.3) is 0 Å². The number of hydrogen-bond acceptors (Lipinski definition) is 7. The molecule has 0 aliphatic heterocycles. The number of hydrogen-bond donors (Lipinski definition) is 1.